The predicted octanol–water partition coefficient (Wildman–Crippen LogP) is 3.47. The van der Waals surface area contributed by atoms with E-state index in [4.69, 9.17) is 10.7 Å². The van der Waals surface area contributed by atoms with Gasteiger partial charge in [0.25, 0.3) is 0 Å². The van der Waals surface area contributed by atoms with E-state index in [0.29, 0.717) is 6.04 Å². The van der Waals surface area contributed by atoms with Crippen molar-refractivity contribution in [3.8, 4) is 0 Å². The lowest BCUT2D eigenvalue weighted by Gasteiger charge is -2.28. The first-order valence-electron chi connectivity index (χ1n) is 7.59. The SMILES string of the molecule is Cc1cc(N[C@H]2CC[C@@H](CN)CC2)nc2ccccc12. The number of para-hydroxylation sites is 1. The molecular weight excluding hydrogens is 246 g/mol. The zero-order valence-corrected chi connectivity index (χ0v) is 12.1. The fourth-order valence-electron chi connectivity index (χ4n) is 3.18. The number of aryl methyl sites for hydroxylation is 1. The second-order valence-electron chi connectivity index (χ2n) is 5.94. The number of nitrogens with two attached hydrogens (primary N) is 1. The number of aromatic nitrogens is 1. The van der Waals surface area contributed by atoms with Crippen LogP contribution in [-0.4, -0.2) is 17.6 Å². The monoisotopic (exact) mass is 269 g/mol. The van der Waals surface area contributed by atoms with Crippen molar-refractivity contribution in [2.75, 3.05) is 11.9 Å². The van der Waals surface area contributed by atoms with Crippen molar-refractivity contribution in [3.63, 3.8) is 0 Å². The first kappa shape index (κ1) is 13.4. The highest BCUT2D eigenvalue weighted by Crippen LogP contribution is 2.27. The van der Waals surface area contributed by atoms with Crippen molar-refractivity contribution in [2.45, 2.75) is 38.6 Å². The minimum atomic E-state index is 0.547. The molecule has 1 aliphatic carbocycles. The van der Waals surface area contributed by atoms with Gasteiger partial charge < -0.3 is 11.1 Å². The van der Waals surface area contributed by atoms with Gasteiger partial charge in [-0.05, 0) is 62.8 Å². The molecule has 0 radical (unpaired) electrons. The Balaban J connectivity index is 1.75. The molecule has 1 aromatic heterocycles. The van der Waals surface area contributed by atoms with E-state index in [1.165, 1.54) is 36.6 Å². The summed E-state index contributed by atoms with van der Waals surface area (Å²) < 4.78 is 0. The first-order valence-corrected chi connectivity index (χ1v) is 7.59. The van der Waals surface area contributed by atoms with Crippen LogP contribution in [0.3, 0.4) is 0 Å². The van der Waals surface area contributed by atoms with Gasteiger partial charge in [0.1, 0.15) is 5.82 Å². The van der Waals surface area contributed by atoms with E-state index in [0.717, 1.165) is 23.8 Å². The summed E-state index contributed by atoms with van der Waals surface area (Å²) in [6.45, 7) is 2.99. The van der Waals surface area contributed by atoms with Crippen molar-refractivity contribution in [3.05, 3.63) is 35.9 Å². The molecule has 106 valence electrons. The van der Waals surface area contributed by atoms with Crippen LogP contribution in [0.1, 0.15) is 31.2 Å². The number of hydrogen-bond acceptors (Lipinski definition) is 3. The average Bonchev–Trinajstić information content (AvgIpc) is 2.48. The topological polar surface area (TPSA) is 50.9 Å². The smallest absolute Gasteiger partial charge is 0.127 e. The maximum Gasteiger partial charge on any atom is 0.127 e. The van der Waals surface area contributed by atoms with Gasteiger partial charge in [-0.3, -0.25) is 0 Å². The number of rotatable bonds is 3. The molecule has 3 heteroatoms. The zero-order chi connectivity index (χ0) is 13.9. The largest absolute Gasteiger partial charge is 0.367 e. The van der Waals surface area contributed by atoms with Crippen LogP contribution in [0, 0.1) is 12.8 Å². The summed E-state index contributed by atoms with van der Waals surface area (Å²) in [4.78, 5) is 4.73. The molecule has 1 saturated carbocycles. The normalized spacial score (nSPS) is 22.9. The number of hydrogen-bond donors (Lipinski definition) is 2. The van der Waals surface area contributed by atoms with Crippen LogP contribution in [0.5, 0.6) is 0 Å². The summed E-state index contributed by atoms with van der Waals surface area (Å²) in [6.07, 6.45) is 4.88. The van der Waals surface area contributed by atoms with Gasteiger partial charge in [-0.2, -0.15) is 0 Å². The van der Waals surface area contributed by atoms with Gasteiger partial charge in [-0.15, -0.1) is 0 Å². The predicted molar refractivity (Wildman–Crippen MR) is 84.9 cm³/mol. The lowest BCUT2D eigenvalue weighted by Crippen LogP contribution is -2.29. The Morgan fingerprint density at radius 3 is 2.70 bits per heavy atom. The number of nitrogens with one attached hydrogen (secondary N) is 1. The third-order valence-corrected chi connectivity index (χ3v) is 4.46. The van der Waals surface area contributed by atoms with Crippen LogP contribution in [0.25, 0.3) is 10.9 Å². The Hall–Kier alpha value is -1.61. The van der Waals surface area contributed by atoms with Crippen LogP contribution in [0.15, 0.2) is 30.3 Å². The standard InChI is InChI=1S/C17H23N3/c1-12-10-17(20-16-5-3-2-4-15(12)16)19-14-8-6-13(11-18)7-9-14/h2-5,10,13-14H,6-9,11,18H2,1H3,(H,19,20)/t13-,14+. The summed E-state index contributed by atoms with van der Waals surface area (Å²) in [6, 6.07) is 11.0. The number of nitrogens with zero attached hydrogens (tertiary/aromatic N) is 1. The van der Waals surface area contributed by atoms with Gasteiger partial charge >= 0.3 is 0 Å². The average molecular weight is 269 g/mol. The van der Waals surface area contributed by atoms with Gasteiger partial charge in [-0.1, -0.05) is 18.2 Å². The molecule has 1 fully saturated rings. The fourth-order valence-corrected chi connectivity index (χ4v) is 3.18. The van der Waals surface area contributed by atoms with Crippen LogP contribution in [-0.2, 0) is 0 Å². The van der Waals surface area contributed by atoms with E-state index in [-0.39, 0.29) is 0 Å². The summed E-state index contributed by atoms with van der Waals surface area (Å²) >= 11 is 0. The number of pyridine rings is 1. The molecule has 1 aromatic carbocycles. The van der Waals surface area contributed by atoms with Gasteiger partial charge in [0.15, 0.2) is 0 Å². The number of anilines is 1. The molecule has 1 aliphatic rings. The third kappa shape index (κ3) is 2.78. The highest BCUT2D eigenvalue weighted by Gasteiger charge is 2.20. The first-order chi connectivity index (χ1) is 9.76. The molecule has 0 bridgehead atoms. The van der Waals surface area contributed by atoms with Gasteiger partial charge in [0.2, 0.25) is 0 Å². The van der Waals surface area contributed by atoms with E-state index >= 15 is 0 Å². The molecule has 20 heavy (non-hydrogen) atoms. The second kappa shape index (κ2) is 5.80. The Kier molecular flexibility index (Phi) is 3.88. The van der Waals surface area contributed by atoms with Crippen molar-refractivity contribution in [1.29, 1.82) is 0 Å². The molecule has 0 aliphatic heterocycles. The second-order valence-corrected chi connectivity index (χ2v) is 5.94. The quantitative estimate of drug-likeness (QED) is 0.897. The molecular formula is C17H23N3. The summed E-state index contributed by atoms with van der Waals surface area (Å²) in [5, 5.41) is 4.85. The molecule has 3 rings (SSSR count). The van der Waals surface area contributed by atoms with E-state index in [2.05, 4.69) is 36.5 Å². The minimum Gasteiger partial charge on any atom is -0.367 e. The molecule has 2 aromatic rings. The van der Waals surface area contributed by atoms with Gasteiger partial charge in [0, 0.05) is 11.4 Å². The summed E-state index contributed by atoms with van der Waals surface area (Å²) in [7, 11) is 0. The van der Waals surface area contributed by atoms with E-state index in [1.807, 2.05) is 6.07 Å². The third-order valence-electron chi connectivity index (χ3n) is 4.46. The van der Waals surface area contributed by atoms with Crippen LogP contribution in [0.4, 0.5) is 5.82 Å². The fraction of sp³-hybridized carbons (Fsp3) is 0.471. The molecule has 0 unspecified atom stereocenters. The lowest BCUT2D eigenvalue weighted by molar-refractivity contribution is 0.344. The van der Waals surface area contributed by atoms with Crippen molar-refractivity contribution in [1.82, 2.24) is 4.98 Å². The van der Waals surface area contributed by atoms with Crippen LogP contribution < -0.4 is 11.1 Å². The molecule has 3 N–H and O–H groups in total. The number of fused-ring (bicyclic) bond motifs is 1. The molecule has 0 atom stereocenters. The van der Waals surface area contributed by atoms with Crippen molar-refractivity contribution < 1.29 is 0 Å². The van der Waals surface area contributed by atoms with E-state index in [9.17, 15) is 0 Å². The van der Waals surface area contributed by atoms with Crippen LogP contribution in [0.2, 0.25) is 0 Å². The Bertz CT molecular complexity index is 586. The van der Waals surface area contributed by atoms with Crippen molar-refractivity contribution >= 4 is 16.7 Å². The molecule has 3 nitrogen and oxygen atoms in total. The Labute approximate surface area is 120 Å². The highest BCUT2D eigenvalue weighted by atomic mass is 15.0. The minimum absolute atomic E-state index is 0.547. The highest BCUT2D eigenvalue weighted by molar-refractivity contribution is 5.83. The molecule has 1 heterocycles. The summed E-state index contributed by atoms with van der Waals surface area (Å²) in [5.74, 6) is 1.73. The van der Waals surface area contributed by atoms with Gasteiger partial charge in [-0.25, -0.2) is 4.98 Å². The van der Waals surface area contributed by atoms with Crippen molar-refractivity contribution in [2.24, 2.45) is 11.7 Å². The Morgan fingerprint density at radius 2 is 1.95 bits per heavy atom. The maximum absolute atomic E-state index is 5.75. The van der Waals surface area contributed by atoms with Crippen LogP contribution >= 0.6 is 0 Å². The molecule has 0 amide bonds. The van der Waals surface area contributed by atoms with E-state index < -0.39 is 0 Å². The maximum atomic E-state index is 5.75. The van der Waals surface area contributed by atoms with Gasteiger partial charge in [0.05, 0.1) is 5.52 Å². The Morgan fingerprint density at radius 1 is 1.20 bits per heavy atom. The summed E-state index contributed by atoms with van der Waals surface area (Å²) in [5.41, 5.74) is 8.11. The molecule has 0 spiro atoms. The number of benzene rings is 1. The van der Waals surface area contributed by atoms with E-state index in [1.54, 1.807) is 0 Å². The lowest BCUT2D eigenvalue weighted by atomic mass is 9.86. The molecule has 0 saturated heterocycles. The zero-order valence-electron chi connectivity index (χ0n) is 12.1.